The van der Waals surface area contributed by atoms with Crippen molar-refractivity contribution in [2.75, 3.05) is 20.1 Å². The van der Waals surface area contributed by atoms with Gasteiger partial charge in [-0.2, -0.15) is 4.37 Å². The Kier molecular flexibility index (Phi) is 9.60. The SMILES string of the molecule is CN(C(=O)OC(C)(C)C)C1Cc2ccc(-c3snc4c(=O)n(CC5(O)CCN(C(=O)CC(c6ccccc6)C(F)F)CC5)cnc34)cc2C1. The van der Waals surface area contributed by atoms with Gasteiger partial charge < -0.3 is 19.6 Å². The molecule has 260 valence electrons. The first-order valence-electron chi connectivity index (χ1n) is 16.5. The van der Waals surface area contributed by atoms with Gasteiger partial charge in [0.15, 0.2) is 5.52 Å². The van der Waals surface area contributed by atoms with Crippen LogP contribution in [0.5, 0.6) is 0 Å². The molecule has 2 atom stereocenters. The number of amides is 2. The van der Waals surface area contributed by atoms with Crippen molar-refractivity contribution in [3.8, 4) is 10.4 Å². The van der Waals surface area contributed by atoms with E-state index >= 15 is 0 Å². The quantitative estimate of drug-likeness (QED) is 0.254. The Labute approximate surface area is 287 Å². The van der Waals surface area contributed by atoms with Crippen molar-refractivity contribution in [1.29, 1.82) is 0 Å². The van der Waals surface area contributed by atoms with Gasteiger partial charge >= 0.3 is 6.09 Å². The molecule has 0 spiro atoms. The van der Waals surface area contributed by atoms with E-state index in [1.807, 2.05) is 32.9 Å². The maximum atomic E-state index is 13.8. The molecule has 3 heterocycles. The molecular formula is C36H41F2N5O5S. The molecule has 4 aromatic rings. The molecule has 0 radical (unpaired) electrons. The van der Waals surface area contributed by atoms with Crippen molar-refractivity contribution in [2.24, 2.45) is 0 Å². The zero-order chi connectivity index (χ0) is 35.1. The molecule has 10 nitrogen and oxygen atoms in total. The summed E-state index contributed by atoms with van der Waals surface area (Å²) in [5, 5.41) is 11.4. The van der Waals surface area contributed by atoms with Crippen LogP contribution in [-0.2, 0) is 28.9 Å². The van der Waals surface area contributed by atoms with Gasteiger partial charge in [-0.15, -0.1) is 0 Å². The smallest absolute Gasteiger partial charge is 0.410 e. The first-order valence-corrected chi connectivity index (χ1v) is 17.2. The number of benzene rings is 2. The van der Waals surface area contributed by atoms with E-state index in [1.54, 1.807) is 42.3 Å². The number of carbonyl (C=O) groups excluding carboxylic acids is 2. The van der Waals surface area contributed by atoms with Crippen LogP contribution in [0.2, 0.25) is 0 Å². The number of hydrogen-bond donors (Lipinski definition) is 1. The summed E-state index contributed by atoms with van der Waals surface area (Å²) in [6, 6.07) is 14.4. The Balaban J connectivity index is 1.11. The summed E-state index contributed by atoms with van der Waals surface area (Å²) in [5.74, 6) is -1.59. The minimum Gasteiger partial charge on any atom is -0.444 e. The lowest BCUT2D eigenvalue weighted by molar-refractivity contribution is -0.137. The largest absolute Gasteiger partial charge is 0.444 e. The number of aromatic nitrogens is 3. The predicted octanol–water partition coefficient (Wildman–Crippen LogP) is 5.65. The molecule has 49 heavy (non-hydrogen) atoms. The molecule has 1 saturated heterocycles. The Bertz CT molecular complexity index is 1900. The van der Waals surface area contributed by atoms with E-state index in [4.69, 9.17) is 4.74 Å². The van der Waals surface area contributed by atoms with Crippen molar-refractivity contribution in [3.63, 3.8) is 0 Å². The average Bonchev–Trinajstić information content (AvgIpc) is 3.69. The van der Waals surface area contributed by atoms with Gasteiger partial charge in [-0.05, 0) is 86.3 Å². The number of likely N-dealkylation sites (tertiary alicyclic amines) is 1. The molecule has 1 aliphatic carbocycles. The van der Waals surface area contributed by atoms with E-state index in [0.29, 0.717) is 17.5 Å². The first-order chi connectivity index (χ1) is 23.2. The third-order valence-electron chi connectivity index (χ3n) is 9.50. The van der Waals surface area contributed by atoms with E-state index in [2.05, 4.69) is 15.4 Å². The number of nitrogens with zero attached hydrogens (tertiary/aromatic N) is 5. The van der Waals surface area contributed by atoms with Crippen molar-refractivity contribution in [3.05, 3.63) is 81.9 Å². The zero-order valence-corrected chi connectivity index (χ0v) is 28.9. The highest BCUT2D eigenvalue weighted by atomic mass is 32.1. The van der Waals surface area contributed by atoms with E-state index in [0.717, 1.165) is 28.0 Å². The van der Waals surface area contributed by atoms with Crippen molar-refractivity contribution in [2.45, 2.75) is 89.0 Å². The molecule has 2 unspecified atom stereocenters. The fourth-order valence-corrected chi connectivity index (χ4v) is 7.49. The van der Waals surface area contributed by atoms with Gasteiger partial charge in [-0.25, -0.2) is 18.6 Å². The van der Waals surface area contributed by atoms with Gasteiger partial charge in [0.2, 0.25) is 12.3 Å². The molecule has 2 aromatic heterocycles. The van der Waals surface area contributed by atoms with Crippen molar-refractivity contribution in [1.82, 2.24) is 23.7 Å². The number of alkyl halides is 2. The lowest BCUT2D eigenvalue weighted by Crippen LogP contribution is -2.50. The molecule has 0 saturated carbocycles. The predicted molar refractivity (Wildman–Crippen MR) is 183 cm³/mol. The second-order valence-electron chi connectivity index (χ2n) is 14.2. The maximum absolute atomic E-state index is 13.8. The Morgan fingerprint density at radius 1 is 1.08 bits per heavy atom. The Hall–Kier alpha value is -4.23. The number of hydrogen-bond acceptors (Lipinski definition) is 8. The second kappa shape index (κ2) is 13.6. The van der Waals surface area contributed by atoms with E-state index < -0.39 is 23.5 Å². The van der Waals surface area contributed by atoms with Crippen LogP contribution in [0.1, 0.15) is 62.6 Å². The maximum Gasteiger partial charge on any atom is 0.410 e. The highest BCUT2D eigenvalue weighted by molar-refractivity contribution is 7.11. The van der Waals surface area contributed by atoms with Crippen LogP contribution in [-0.4, -0.2) is 84.6 Å². The zero-order valence-electron chi connectivity index (χ0n) is 28.1. The molecule has 6 rings (SSSR count). The molecule has 2 aliphatic rings. The highest BCUT2D eigenvalue weighted by Gasteiger charge is 2.37. The minimum absolute atomic E-state index is 0.0248. The van der Waals surface area contributed by atoms with Crippen LogP contribution in [0.4, 0.5) is 13.6 Å². The summed E-state index contributed by atoms with van der Waals surface area (Å²) < 4.78 is 39.0. The number of rotatable bonds is 8. The van der Waals surface area contributed by atoms with Gasteiger partial charge in [-0.3, -0.25) is 14.2 Å². The Morgan fingerprint density at radius 3 is 2.45 bits per heavy atom. The number of piperidine rings is 1. The van der Waals surface area contributed by atoms with Crippen LogP contribution < -0.4 is 5.56 Å². The van der Waals surface area contributed by atoms with Crippen LogP contribution >= 0.6 is 11.5 Å². The molecule has 0 bridgehead atoms. The van der Waals surface area contributed by atoms with Gasteiger partial charge in [-0.1, -0.05) is 42.5 Å². The van der Waals surface area contributed by atoms with E-state index in [-0.39, 0.29) is 68.0 Å². The third kappa shape index (κ3) is 7.52. The summed E-state index contributed by atoms with van der Waals surface area (Å²) in [4.78, 5) is 47.7. The van der Waals surface area contributed by atoms with Gasteiger partial charge in [0.1, 0.15) is 11.1 Å². The van der Waals surface area contributed by atoms with Crippen LogP contribution in [0.3, 0.4) is 0 Å². The fourth-order valence-electron chi connectivity index (χ4n) is 6.67. The summed E-state index contributed by atoms with van der Waals surface area (Å²) >= 11 is 1.19. The van der Waals surface area contributed by atoms with Crippen molar-refractivity contribution < 1.29 is 28.2 Å². The summed E-state index contributed by atoms with van der Waals surface area (Å²) in [5.41, 5.74) is 2.02. The van der Waals surface area contributed by atoms with Gasteiger partial charge in [0, 0.05) is 32.6 Å². The number of likely N-dealkylation sites (N-methyl/N-ethyl adjacent to an activating group) is 1. The molecule has 2 amide bonds. The third-order valence-corrected chi connectivity index (χ3v) is 10.4. The fraction of sp³-hybridized carbons (Fsp3) is 0.472. The molecule has 2 aromatic carbocycles. The first kappa shape index (κ1) is 34.6. The standard InChI is InChI=1S/C36H41F2N5O5S/c1-35(2,3)48-34(46)41(4)26-17-23-10-11-24(16-25(23)18-26)31-29-30(40-49-31)33(45)43(21-39-29)20-36(47)12-14-42(15-13-36)28(44)19-27(32(37)38)22-8-6-5-7-9-22/h5-11,16,21,26-27,32,47H,12-15,17-20H2,1-4H3. The number of aliphatic hydroxyl groups is 1. The normalized spacial score (nSPS) is 18.0. The van der Waals surface area contributed by atoms with E-state index in [9.17, 15) is 28.3 Å². The number of ether oxygens (including phenoxy) is 1. The van der Waals surface area contributed by atoms with Crippen LogP contribution in [0.15, 0.2) is 59.7 Å². The summed E-state index contributed by atoms with van der Waals surface area (Å²) in [6.07, 6.45) is -0.157. The number of carbonyl (C=O) groups is 2. The van der Waals surface area contributed by atoms with Gasteiger partial charge in [0.25, 0.3) is 5.56 Å². The molecule has 1 N–H and O–H groups in total. The summed E-state index contributed by atoms with van der Waals surface area (Å²) in [6.45, 7) is 5.89. The highest BCUT2D eigenvalue weighted by Crippen LogP contribution is 2.35. The molecule has 1 aliphatic heterocycles. The van der Waals surface area contributed by atoms with Crippen molar-refractivity contribution >= 4 is 34.6 Å². The van der Waals surface area contributed by atoms with E-state index in [1.165, 1.54) is 27.3 Å². The second-order valence-corrected chi connectivity index (χ2v) is 15.0. The minimum atomic E-state index is -2.68. The monoisotopic (exact) mass is 693 g/mol. The molecule has 13 heteroatoms. The Morgan fingerprint density at radius 2 is 1.78 bits per heavy atom. The summed E-state index contributed by atoms with van der Waals surface area (Å²) in [7, 11) is 1.76. The average molecular weight is 694 g/mol. The molecular weight excluding hydrogens is 652 g/mol. The van der Waals surface area contributed by atoms with Gasteiger partial charge in [0.05, 0.1) is 29.3 Å². The number of halogens is 2. The van der Waals surface area contributed by atoms with Crippen LogP contribution in [0, 0.1) is 0 Å². The topological polar surface area (TPSA) is 118 Å². The lowest BCUT2D eigenvalue weighted by atomic mass is 9.90. The molecule has 1 fully saturated rings. The number of fused-ring (bicyclic) bond motifs is 2. The van der Waals surface area contributed by atoms with Crippen LogP contribution in [0.25, 0.3) is 21.5 Å². The lowest BCUT2D eigenvalue weighted by Gasteiger charge is -2.38.